The fourth-order valence-corrected chi connectivity index (χ4v) is 2.21. The van der Waals surface area contributed by atoms with E-state index in [1.165, 1.54) is 6.92 Å². The predicted octanol–water partition coefficient (Wildman–Crippen LogP) is 2.84. The number of hydrogen-bond donors (Lipinski definition) is 2. The van der Waals surface area contributed by atoms with Crippen molar-refractivity contribution in [3.8, 4) is 0 Å². The van der Waals surface area contributed by atoms with Gasteiger partial charge in [0.15, 0.2) is 0 Å². The van der Waals surface area contributed by atoms with E-state index in [0.717, 1.165) is 22.8 Å². The van der Waals surface area contributed by atoms with Crippen LogP contribution in [-0.4, -0.2) is 18.4 Å². The maximum atomic E-state index is 12.2. The monoisotopic (exact) mass is 296 g/mol. The Labute approximate surface area is 130 Å². The van der Waals surface area contributed by atoms with Crippen LogP contribution < -0.4 is 10.6 Å². The largest absolute Gasteiger partial charge is 0.351 e. The van der Waals surface area contributed by atoms with Gasteiger partial charge in [-0.25, -0.2) is 0 Å². The number of hydrogen-bond acceptors (Lipinski definition) is 2. The maximum absolute atomic E-state index is 12.2. The fourth-order valence-electron chi connectivity index (χ4n) is 2.21. The van der Waals surface area contributed by atoms with Gasteiger partial charge < -0.3 is 10.6 Å². The molecule has 114 valence electrons. The Morgan fingerprint density at radius 1 is 1.09 bits per heavy atom. The minimum absolute atomic E-state index is 0.261. The molecular weight excluding hydrogens is 276 g/mol. The number of fused-ring (bicyclic) bond motifs is 1. The third-order valence-corrected chi connectivity index (χ3v) is 3.21. The van der Waals surface area contributed by atoms with Crippen molar-refractivity contribution >= 4 is 28.7 Å². The molecule has 4 heteroatoms. The zero-order chi connectivity index (χ0) is 15.9. The molecule has 0 aromatic heterocycles. The highest BCUT2D eigenvalue weighted by molar-refractivity contribution is 6.03. The van der Waals surface area contributed by atoms with Crippen molar-refractivity contribution in [2.75, 3.05) is 6.54 Å². The van der Waals surface area contributed by atoms with Crippen LogP contribution in [0.25, 0.3) is 16.8 Å². The first-order valence-electron chi connectivity index (χ1n) is 7.37. The normalized spacial score (nSPS) is 11.3. The average Bonchev–Trinajstić information content (AvgIpc) is 2.52. The lowest BCUT2D eigenvalue weighted by molar-refractivity contribution is -0.122. The predicted molar refractivity (Wildman–Crippen MR) is 89.0 cm³/mol. The summed E-state index contributed by atoms with van der Waals surface area (Å²) in [7, 11) is 0. The number of carbonyl (C=O) groups is 2. The van der Waals surface area contributed by atoms with Gasteiger partial charge >= 0.3 is 0 Å². The molecule has 0 saturated heterocycles. The van der Waals surface area contributed by atoms with Gasteiger partial charge in [-0.3, -0.25) is 9.59 Å². The highest BCUT2D eigenvalue weighted by Gasteiger charge is 2.11. The van der Waals surface area contributed by atoms with Crippen LogP contribution in [0.3, 0.4) is 0 Å². The molecule has 2 N–H and O–H groups in total. The topological polar surface area (TPSA) is 58.2 Å². The molecule has 0 spiro atoms. The van der Waals surface area contributed by atoms with Crippen molar-refractivity contribution in [1.29, 1.82) is 0 Å². The van der Waals surface area contributed by atoms with E-state index < -0.39 is 0 Å². The summed E-state index contributed by atoms with van der Waals surface area (Å²) in [6.07, 6.45) is 2.56. The Morgan fingerprint density at radius 3 is 2.55 bits per heavy atom. The van der Waals surface area contributed by atoms with Gasteiger partial charge in [0, 0.05) is 13.5 Å². The number of amides is 2. The molecule has 2 aromatic rings. The summed E-state index contributed by atoms with van der Waals surface area (Å²) < 4.78 is 0. The van der Waals surface area contributed by atoms with E-state index in [0.29, 0.717) is 6.54 Å². The summed E-state index contributed by atoms with van der Waals surface area (Å²) in [4.78, 5) is 23.5. The smallest absolute Gasteiger partial charge is 0.267 e. The highest BCUT2D eigenvalue weighted by atomic mass is 16.2. The molecule has 0 bridgehead atoms. The van der Waals surface area contributed by atoms with Gasteiger partial charge in [0.05, 0.1) is 0 Å². The first-order chi connectivity index (χ1) is 10.6. The first kappa shape index (κ1) is 15.8. The lowest BCUT2D eigenvalue weighted by Crippen LogP contribution is -2.34. The van der Waals surface area contributed by atoms with Crippen molar-refractivity contribution in [2.24, 2.45) is 0 Å². The maximum Gasteiger partial charge on any atom is 0.267 e. The molecule has 0 fully saturated rings. The average molecular weight is 296 g/mol. The zero-order valence-corrected chi connectivity index (χ0v) is 12.8. The number of rotatable bonds is 5. The quantitative estimate of drug-likeness (QED) is 0.834. The molecule has 0 radical (unpaired) electrons. The van der Waals surface area contributed by atoms with Gasteiger partial charge in [0.1, 0.15) is 5.70 Å². The van der Waals surface area contributed by atoms with Crippen molar-refractivity contribution in [2.45, 2.75) is 20.3 Å². The zero-order valence-electron chi connectivity index (χ0n) is 12.8. The molecule has 0 unspecified atom stereocenters. The second-order valence-electron chi connectivity index (χ2n) is 5.06. The van der Waals surface area contributed by atoms with Gasteiger partial charge in [0.2, 0.25) is 5.91 Å². The summed E-state index contributed by atoms with van der Waals surface area (Å²) in [5, 5.41) is 7.52. The third-order valence-electron chi connectivity index (χ3n) is 3.21. The van der Waals surface area contributed by atoms with Gasteiger partial charge in [0.25, 0.3) is 5.91 Å². The van der Waals surface area contributed by atoms with E-state index >= 15 is 0 Å². The van der Waals surface area contributed by atoms with Crippen LogP contribution in [0.1, 0.15) is 25.8 Å². The number of benzene rings is 2. The summed E-state index contributed by atoms with van der Waals surface area (Å²) in [6, 6.07) is 13.8. The van der Waals surface area contributed by atoms with Crippen LogP contribution in [0, 0.1) is 0 Å². The molecule has 0 aliphatic heterocycles. The molecular formula is C18H20N2O2. The highest BCUT2D eigenvalue weighted by Crippen LogP contribution is 2.20. The van der Waals surface area contributed by atoms with E-state index in [1.807, 2.05) is 49.4 Å². The molecule has 2 rings (SSSR count). The summed E-state index contributed by atoms with van der Waals surface area (Å²) in [5.74, 6) is -0.539. The SMILES string of the molecule is CCCNC(=O)/C(=C/c1cccc2ccccc12)NC(C)=O. The fraction of sp³-hybridized carbons (Fsp3) is 0.222. The minimum Gasteiger partial charge on any atom is -0.351 e. The van der Waals surface area contributed by atoms with Crippen molar-refractivity contribution in [3.63, 3.8) is 0 Å². The van der Waals surface area contributed by atoms with E-state index in [1.54, 1.807) is 6.08 Å². The van der Waals surface area contributed by atoms with E-state index in [2.05, 4.69) is 10.6 Å². The van der Waals surface area contributed by atoms with Crippen LogP contribution in [0.4, 0.5) is 0 Å². The summed E-state index contributed by atoms with van der Waals surface area (Å²) in [5.41, 5.74) is 1.16. The second-order valence-corrected chi connectivity index (χ2v) is 5.06. The first-order valence-corrected chi connectivity index (χ1v) is 7.37. The molecule has 2 aromatic carbocycles. The molecule has 2 amide bonds. The van der Waals surface area contributed by atoms with Crippen LogP contribution in [0.5, 0.6) is 0 Å². The molecule has 0 saturated carbocycles. The molecule has 4 nitrogen and oxygen atoms in total. The number of nitrogens with one attached hydrogen (secondary N) is 2. The lowest BCUT2D eigenvalue weighted by atomic mass is 10.0. The van der Waals surface area contributed by atoms with Gasteiger partial charge in [-0.15, -0.1) is 0 Å². The van der Waals surface area contributed by atoms with E-state index in [-0.39, 0.29) is 17.5 Å². The Morgan fingerprint density at radius 2 is 1.82 bits per heavy atom. The molecule has 0 atom stereocenters. The van der Waals surface area contributed by atoms with Gasteiger partial charge in [-0.2, -0.15) is 0 Å². The Bertz CT molecular complexity index is 715. The van der Waals surface area contributed by atoms with Crippen molar-refractivity contribution in [1.82, 2.24) is 10.6 Å². The van der Waals surface area contributed by atoms with Crippen LogP contribution in [0.2, 0.25) is 0 Å². The molecule has 0 aliphatic rings. The minimum atomic E-state index is -0.273. The van der Waals surface area contributed by atoms with E-state index in [9.17, 15) is 9.59 Å². The Kier molecular flexibility index (Phi) is 5.31. The summed E-state index contributed by atoms with van der Waals surface area (Å²) in [6.45, 7) is 3.95. The van der Waals surface area contributed by atoms with Crippen LogP contribution in [0.15, 0.2) is 48.2 Å². The van der Waals surface area contributed by atoms with Crippen molar-refractivity contribution in [3.05, 3.63) is 53.7 Å². The molecule has 0 aliphatic carbocycles. The standard InChI is InChI=1S/C18H20N2O2/c1-3-11-19-18(22)17(20-13(2)21)12-15-9-6-8-14-7-4-5-10-16(14)15/h4-10,12H,3,11H2,1-2H3,(H,19,22)(H,20,21)/b17-12-. The van der Waals surface area contributed by atoms with Crippen molar-refractivity contribution < 1.29 is 9.59 Å². The van der Waals surface area contributed by atoms with Gasteiger partial charge in [-0.1, -0.05) is 49.4 Å². The van der Waals surface area contributed by atoms with Crippen LogP contribution >= 0.6 is 0 Å². The Balaban J connectivity index is 2.42. The van der Waals surface area contributed by atoms with Gasteiger partial charge in [-0.05, 0) is 28.8 Å². The third kappa shape index (κ3) is 3.95. The second kappa shape index (κ2) is 7.41. The van der Waals surface area contributed by atoms with Crippen LogP contribution in [-0.2, 0) is 9.59 Å². The lowest BCUT2D eigenvalue weighted by Gasteiger charge is -2.10. The Hall–Kier alpha value is -2.62. The molecule has 0 heterocycles. The number of carbonyl (C=O) groups excluding carboxylic acids is 2. The molecule has 22 heavy (non-hydrogen) atoms. The summed E-state index contributed by atoms with van der Waals surface area (Å²) >= 11 is 0. The van der Waals surface area contributed by atoms with E-state index in [4.69, 9.17) is 0 Å².